The maximum absolute atomic E-state index is 13.9. The van der Waals surface area contributed by atoms with Gasteiger partial charge in [-0.25, -0.2) is 4.39 Å². The van der Waals surface area contributed by atoms with E-state index < -0.39 is 11.7 Å². The van der Waals surface area contributed by atoms with Gasteiger partial charge in [0.05, 0.1) is 11.1 Å². The van der Waals surface area contributed by atoms with Gasteiger partial charge in [0.15, 0.2) is 0 Å². The number of H-pyrrole nitrogens is 1. The largest absolute Gasteiger partial charge is 0.362 e. The Balaban J connectivity index is 1.67. The van der Waals surface area contributed by atoms with E-state index in [9.17, 15) is 14.0 Å². The number of amides is 2. The van der Waals surface area contributed by atoms with Gasteiger partial charge in [0.1, 0.15) is 5.82 Å². The van der Waals surface area contributed by atoms with Gasteiger partial charge < -0.3 is 14.8 Å². The van der Waals surface area contributed by atoms with Crippen LogP contribution in [0.15, 0.2) is 24.3 Å². The number of hydrogen-bond donors (Lipinski definition) is 1. The van der Waals surface area contributed by atoms with Gasteiger partial charge in [-0.15, -0.1) is 0 Å². The maximum atomic E-state index is 13.9. The third-order valence-electron chi connectivity index (χ3n) is 4.39. The molecular weight excluding hydrogens is 345 g/mol. The molecule has 5 nitrogen and oxygen atoms in total. The van der Waals surface area contributed by atoms with E-state index in [0.29, 0.717) is 36.8 Å². The van der Waals surface area contributed by atoms with Gasteiger partial charge in [-0.1, -0.05) is 11.6 Å². The van der Waals surface area contributed by atoms with Crippen molar-refractivity contribution in [2.24, 2.45) is 0 Å². The molecule has 0 spiro atoms. The first-order valence-electron chi connectivity index (χ1n) is 8.06. The van der Waals surface area contributed by atoms with Crippen molar-refractivity contribution in [2.75, 3.05) is 26.2 Å². The summed E-state index contributed by atoms with van der Waals surface area (Å²) in [4.78, 5) is 31.5. The Hall–Kier alpha value is -2.34. The van der Waals surface area contributed by atoms with Crippen LogP contribution in [0.25, 0.3) is 0 Å². The van der Waals surface area contributed by atoms with Crippen LogP contribution in [0.3, 0.4) is 0 Å². The Labute approximate surface area is 150 Å². The molecule has 1 N–H and O–H groups in total. The van der Waals surface area contributed by atoms with Crippen molar-refractivity contribution in [2.45, 2.75) is 13.8 Å². The fraction of sp³-hybridized carbons (Fsp3) is 0.333. The van der Waals surface area contributed by atoms with Crippen LogP contribution in [0.4, 0.5) is 4.39 Å². The second-order valence-corrected chi connectivity index (χ2v) is 6.64. The lowest BCUT2D eigenvalue weighted by molar-refractivity contribution is 0.0532. The molecule has 2 amide bonds. The monoisotopic (exact) mass is 363 g/mol. The molecule has 132 valence electrons. The number of carbonyl (C=O) groups excluding carboxylic acids is 2. The number of nitrogens with zero attached hydrogens (tertiary/aromatic N) is 2. The van der Waals surface area contributed by atoms with Crippen LogP contribution in [0.2, 0.25) is 5.02 Å². The number of nitrogens with one attached hydrogen (secondary N) is 1. The predicted molar refractivity (Wildman–Crippen MR) is 93.5 cm³/mol. The number of aryl methyl sites for hydroxylation is 2. The summed E-state index contributed by atoms with van der Waals surface area (Å²) in [5, 5.41) is 0.317. The van der Waals surface area contributed by atoms with Gasteiger partial charge in [0, 0.05) is 42.6 Å². The molecule has 25 heavy (non-hydrogen) atoms. The molecule has 7 heteroatoms. The van der Waals surface area contributed by atoms with Crippen LogP contribution in [0.1, 0.15) is 32.1 Å². The SMILES string of the molecule is Cc1cc(C(=O)N2CCN(C(=O)c3cc(Cl)ccc3F)CC2)c(C)[nH]1. The molecule has 1 aromatic carbocycles. The second kappa shape index (κ2) is 6.88. The van der Waals surface area contributed by atoms with E-state index in [0.717, 1.165) is 11.4 Å². The van der Waals surface area contributed by atoms with E-state index in [1.165, 1.54) is 18.2 Å². The van der Waals surface area contributed by atoms with Gasteiger partial charge in [0.2, 0.25) is 0 Å². The van der Waals surface area contributed by atoms with Gasteiger partial charge in [-0.2, -0.15) is 0 Å². The lowest BCUT2D eigenvalue weighted by Gasteiger charge is -2.35. The average molecular weight is 364 g/mol. The van der Waals surface area contributed by atoms with E-state index >= 15 is 0 Å². The quantitative estimate of drug-likeness (QED) is 0.891. The van der Waals surface area contributed by atoms with E-state index in [1.54, 1.807) is 9.80 Å². The number of carbonyl (C=O) groups is 2. The number of piperazine rings is 1. The van der Waals surface area contributed by atoms with E-state index in [-0.39, 0.29) is 11.5 Å². The predicted octanol–water partition coefficient (Wildman–Crippen LogP) is 3.02. The fourth-order valence-corrected chi connectivity index (χ4v) is 3.23. The van der Waals surface area contributed by atoms with E-state index in [4.69, 9.17) is 11.6 Å². The molecule has 0 bridgehead atoms. The summed E-state index contributed by atoms with van der Waals surface area (Å²) in [5.41, 5.74) is 2.38. The number of rotatable bonds is 2. The topological polar surface area (TPSA) is 56.4 Å². The van der Waals surface area contributed by atoms with Crippen molar-refractivity contribution >= 4 is 23.4 Å². The van der Waals surface area contributed by atoms with E-state index in [1.807, 2.05) is 19.9 Å². The molecule has 0 aliphatic carbocycles. The first-order valence-corrected chi connectivity index (χ1v) is 8.44. The lowest BCUT2D eigenvalue weighted by atomic mass is 10.1. The minimum absolute atomic E-state index is 0.0376. The average Bonchev–Trinajstić information content (AvgIpc) is 2.94. The van der Waals surface area contributed by atoms with Gasteiger partial charge in [-0.05, 0) is 38.1 Å². The molecule has 1 aliphatic rings. The van der Waals surface area contributed by atoms with Crippen molar-refractivity contribution in [3.8, 4) is 0 Å². The zero-order valence-corrected chi connectivity index (χ0v) is 14.9. The molecule has 2 aromatic rings. The maximum Gasteiger partial charge on any atom is 0.257 e. The Morgan fingerprint density at radius 3 is 2.08 bits per heavy atom. The molecule has 1 saturated heterocycles. The van der Waals surface area contributed by atoms with Crippen molar-refractivity contribution < 1.29 is 14.0 Å². The smallest absolute Gasteiger partial charge is 0.257 e. The third kappa shape index (κ3) is 3.54. The summed E-state index contributed by atoms with van der Waals surface area (Å²) in [5.74, 6) is -1.05. The van der Waals surface area contributed by atoms with Crippen LogP contribution in [0.5, 0.6) is 0 Å². The zero-order valence-electron chi connectivity index (χ0n) is 14.1. The summed E-state index contributed by atoms with van der Waals surface area (Å²) in [6.45, 7) is 5.31. The normalized spacial score (nSPS) is 14.7. The molecule has 1 aromatic heterocycles. The van der Waals surface area contributed by atoms with Crippen molar-refractivity contribution in [3.05, 3.63) is 57.6 Å². The molecular formula is C18H19ClFN3O2. The van der Waals surface area contributed by atoms with Gasteiger partial charge >= 0.3 is 0 Å². The highest BCUT2D eigenvalue weighted by atomic mass is 35.5. The summed E-state index contributed by atoms with van der Waals surface area (Å²) >= 11 is 5.86. The molecule has 0 unspecified atom stereocenters. The summed E-state index contributed by atoms with van der Waals surface area (Å²) in [7, 11) is 0. The van der Waals surface area contributed by atoms with Gasteiger partial charge in [0.25, 0.3) is 11.8 Å². The second-order valence-electron chi connectivity index (χ2n) is 6.20. The van der Waals surface area contributed by atoms with Crippen LogP contribution in [0, 0.1) is 19.7 Å². The highest BCUT2D eigenvalue weighted by Gasteiger charge is 2.27. The lowest BCUT2D eigenvalue weighted by Crippen LogP contribution is -2.50. The van der Waals surface area contributed by atoms with Gasteiger partial charge in [-0.3, -0.25) is 9.59 Å². The number of aromatic nitrogens is 1. The minimum Gasteiger partial charge on any atom is -0.362 e. The molecule has 2 heterocycles. The van der Waals surface area contributed by atoms with Crippen LogP contribution < -0.4 is 0 Å². The number of hydrogen-bond acceptors (Lipinski definition) is 2. The van der Waals surface area contributed by atoms with Crippen molar-refractivity contribution in [3.63, 3.8) is 0 Å². The number of halogens is 2. The molecule has 1 fully saturated rings. The summed E-state index contributed by atoms with van der Waals surface area (Å²) < 4.78 is 13.9. The van der Waals surface area contributed by atoms with Crippen molar-refractivity contribution in [1.82, 2.24) is 14.8 Å². The molecule has 0 radical (unpaired) electrons. The Bertz CT molecular complexity index is 826. The summed E-state index contributed by atoms with van der Waals surface area (Å²) in [6.07, 6.45) is 0. The number of aromatic amines is 1. The molecule has 3 rings (SSSR count). The summed E-state index contributed by atoms with van der Waals surface area (Å²) in [6, 6.07) is 5.76. The first-order chi connectivity index (χ1) is 11.9. The Kier molecular flexibility index (Phi) is 4.81. The highest BCUT2D eigenvalue weighted by Crippen LogP contribution is 2.19. The van der Waals surface area contributed by atoms with Crippen LogP contribution >= 0.6 is 11.6 Å². The Morgan fingerprint density at radius 1 is 1.00 bits per heavy atom. The molecule has 0 atom stereocenters. The first kappa shape index (κ1) is 17.5. The fourth-order valence-electron chi connectivity index (χ4n) is 3.06. The van der Waals surface area contributed by atoms with E-state index in [2.05, 4.69) is 4.98 Å². The minimum atomic E-state index is -0.591. The Morgan fingerprint density at radius 2 is 1.56 bits per heavy atom. The standard InChI is InChI=1S/C18H19ClFN3O2/c1-11-9-14(12(2)21-11)17(24)22-5-7-23(8-6-22)18(25)15-10-13(19)3-4-16(15)20/h3-4,9-10,21H,5-8H2,1-2H3. The third-order valence-corrected chi connectivity index (χ3v) is 4.63. The van der Waals surface area contributed by atoms with Crippen molar-refractivity contribution in [1.29, 1.82) is 0 Å². The van der Waals surface area contributed by atoms with Crippen LogP contribution in [-0.2, 0) is 0 Å². The number of benzene rings is 1. The van der Waals surface area contributed by atoms with Crippen LogP contribution in [-0.4, -0.2) is 52.8 Å². The zero-order chi connectivity index (χ0) is 18.1. The highest BCUT2D eigenvalue weighted by molar-refractivity contribution is 6.31. The molecule has 1 aliphatic heterocycles. The molecule has 0 saturated carbocycles.